The number of rotatable bonds is 3. The molecule has 0 aliphatic carbocycles. The third-order valence-electron chi connectivity index (χ3n) is 3.54. The van der Waals surface area contributed by atoms with Gasteiger partial charge in [-0.05, 0) is 12.1 Å². The lowest BCUT2D eigenvalue weighted by atomic mass is 10.2. The fourth-order valence-corrected chi connectivity index (χ4v) is 2.25. The van der Waals surface area contributed by atoms with Crippen LogP contribution in [0.2, 0.25) is 0 Å². The van der Waals surface area contributed by atoms with Crippen LogP contribution in [0.1, 0.15) is 17.3 Å². The van der Waals surface area contributed by atoms with Crippen molar-refractivity contribution in [3.05, 3.63) is 35.9 Å². The van der Waals surface area contributed by atoms with Crippen molar-refractivity contribution in [1.29, 1.82) is 0 Å². The molecule has 0 bridgehead atoms. The van der Waals surface area contributed by atoms with Crippen LogP contribution in [0.5, 0.6) is 0 Å². The third-order valence-corrected chi connectivity index (χ3v) is 3.54. The van der Waals surface area contributed by atoms with Gasteiger partial charge < -0.3 is 4.90 Å². The van der Waals surface area contributed by atoms with Gasteiger partial charge in [0.15, 0.2) is 0 Å². The number of nitrogens with one attached hydrogen (secondary N) is 2. The Morgan fingerprint density at radius 1 is 1.00 bits per heavy atom. The van der Waals surface area contributed by atoms with E-state index in [2.05, 4.69) is 10.9 Å². The Kier molecular flexibility index (Phi) is 5.48. The second-order valence-electron chi connectivity index (χ2n) is 5.15. The SMILES string of the molecule is CC(=O)N1CCN(CC(=O)NNC(=O)c2ccccc2)CC1. The zero-order valence-electron chi connectivity index (χ0n) is 12.5. The molecule has 0 spiro atoms. The van der Waals surface area contributed by atoms with Crippen LogP contribution in [0.25, 0.3) is 0 Å². The van der Waals surface area contributed by atoms with Crippen molar-refractivity contribution in [1.82, 2.24) is 20.7 Å². The second kappa shape index (κ2) is 7.56. The quantitative estimate of drug-likeness (QED) is 0.745. The van der Waals surface area contributed by atoms with Gasteiger partial charge in [-0.1, -0.05) is 18.2 Å². The van der Waals surface area contributed by atoms with Gasteiger partial charge in [0.25, 0.3) is 11.8 Å². The number of carbonyl (C=O) groups excluding carboxylic acids is 3. The van der Waals surface area contributed by atoms with Crippen LogP contribution in [-0.2, 0) is 9.59 Å². The minimum Gasteiger partial charge on any atom is -0.340 e. The van der Waals surface area contributed by atoms with Crippen LogP contribution >= 0.6 is 0 Å². The van der Waals surface area contributed by atoms with E-state index in [1.807, 2.05) is 11.0 Å². The summed E-state index contributed by atoms with van der Waals surface area (Å²) in [7, 11) is 0. The van der Waals surface area contributed by atoms with Gasteiger partial charge in [0, 0.05) is 38.7 Å². The van der Waals surface area contributed by atoms with E-state index < -0.39 is 0 Å². The Bertz CT molecular complexity index is 539. The molecular formula is C15H20N4O3. The Balaban J connectivity index is 1.70. The zero-order chi connectivity index (χ0) is 15.9. The predicted octanol–water partition coefficient (Wildman–Crippen LogP) is -0.388. The molecule has 3 amide bonds. The number of nitrogens with zero attached hydrogens (tertiary/aromatic N) is 2. The normalized spacial score (nSPS) is 15.2. The van der Waals surface area contributed by atoms with E-state index in [0.29, 0.717) is 31.7 Å². The van der Waals surface area contributed by atoms with Crippen LogP contribution in [0.3, 0.4) is 0 Å². The van der Waals surface area contributed by atoms with E-state index in [1.54, 1.807) is 36.1 Å². The molecule has 0 aromatic heterocycles. The molecule has 7 nitrogen and oxygen atoms in total. The molecule has 0 saturated carbocycles. The summed E-state index contributed by atoms with van der Waals surface area (Å²) >= 11 is 0. The van der Waals surface area contributed by atoms with Gasteiger partial charge in [-0.3, -0.25) is 30.1 Å². The van der Waals surface area contributed by atoms with Crippen molar-refractivity contribution in [2.75, 3.05) is 32.7 Å². The maximum Gasteiger partial charge on any atom is 0.269 e. The number of carbonyl (C=O) groups is 3. The lowest BCUT2D eigenvalue weighted by Crippen LogP contribution is -2.52. The van der Waals surface area contributed by atoms with Crippen molar-refractivity contribution in [3.8, 4) is 0 Å². The standard InChI is InChI=1S/C15H20N4O3/c1-12(20)19-9-7-18(8-10-19)11-14(21)16-17-15(22)13-5-3-2-4-6-13/h2-6H,7-11H2,1H3,(H,16,21)(H,17,22). The third kappa shape index (κ3) is 4.56. The molecule has 1 saturated heterocycles. The molecule has 2 rings (SSSR count). The minimum absolute atomic E-state index is 0.0548. The molecule has 1 aromatic rings. The number of amides is 3. The molecule has 22 heavy (non-hydrogen) atoms. The predicted molar refractivity (Wildman–Crippen MR) is 80.7 cm³/mol. The Morgan fingerprint density at radius 2 is 1.64 bits per heavy atom. The lowest BCUT2D eigenvalue weighted by Gasteiger charge is -2.33. The monoisotopic (exact) mass is 304 g/mol. The smallest absolute Gasteiger partial charge is 0.269 e. The van der Waals surface area contributed by atoms with E-state index in [9.17, 15) is 14.4 Å². The first-order valence-corrected chi connectivity index (χ1v) is 7.18. The molecular weight excluding hydrogens is 284 g/mol. The molecule has 1 aliphatic rings. The number of piperazine rings is 1. The number of hydrazine groups is 1. The summed E-state index contributed by atoms with van der Waals surface area (Å²) < 4.78 is 0. The molecule has 1 aromatic carbocycles. The fraction of sp³-hybridized carbons (Fsp3) is 0.400. The fourth-order valence-electron chi connectivity index (χ4n) is 2.25. The molecule has 1 fully saturated rings. The summed E-state index contributed by atoms with van der Waals surface area (Å²) in [4.78, 5) is 38.5. The van der Waals surface area contributed by atoms with E-state index in [-0.39, 0.29) is 24.3 Å². The van der Waals surface area contributed by atoms with E-state index in [4.69, 9.17) is 0 Å². The summed E-state index contributed by atoms with van der Waals surface area (Å²) in [6.45, 7) is 4.29. The topological polar surface area (TPSA) is 81.8 Å². The van der Waals surface area contributed by atoms with Crippen LogP contribution in [0.4, 0.5) is 0 Å². The molecule has 0 radical (unpaired) electrons. The Labute approximate surface area is 129 Å². The first kappa shape index (κ1) is 16.0. The van der Waals surface area contributed by atoms with Crippen LogP contribution in [0, 0.1) is 0 Å². The first-order chi connectivity index (χ1) is 10.6. The average molecular weight is 304 g/mol. The molecule has 0 unspecified atom stereocenters. The van der Waals surface area contributed by atoms with E-state index in [0.717, 1.165) is 0 Å². The molecule has 118 valence electrons. The number of hydrogen-bond donors (Lipinski definition) is 2. The highest BCUT2D eigenvalue weighted by Crippen LogP contribution is 2.01. The first-order valence-electron chi connectivity index (χ1n) is 7.18. The lowest BCUT2D eigenvalue weighted by molar-refractivity contribution is -0.131. The summed E-state index contributed by atoms with van der Waals surface area (Å²) in [6.07, 6.45) is 0. The number of benzene rings is 1. The van der Waals surface area contributed by atoms with Crippen molar-refractivity contribution in [2.45, 2.75) is 6.92 Å². The maximum absolute atomic E-state index is 11.8. The summed E-state index contributed by atoms with van der Waals surface area (Å²) in [6, 6.07) is 8.66. The molecule has 0 atom stereocenters. The highest BCUT2D eigenvalue weighted by atomic mass is 16.2. The minimum atomic E-state index is -0.352. The second-order valence-corrected chi connectivity index (χ2v) is 5.15. The molecule has 1 aliphatic heterocycles. The van der Waals surface area contributed by atoms with Gasteiger partial charge in [0.1, 0.15) is 0 Å². The van der Waals surface area contributed by atoms with E-state index in [1.165, 1.54) is 0 Å². The Hall–Kier alpha value is -2.41. The maximum atomic E-state index is 11.8. The van der Waals surface area contributed by atoms with Crippen molar-refractivity contribution < 1.29 is 14.4 Å². The van der Waals surface area contributed by atoms with Gasteiger partial charge in [0.05, 0.1) is 6.54 Å². The zero-order valence-corrected chi connectivity index (χ0v) is 12.5. The highest BCUT2D eigenvalue weighted by molar-refractivity contribution is 5.95. The Morgan fingerprint density at radius 3 is 2.23 bits per heavy atom. The molecule has 1 heterocycles. The van der Waals surface area contributed by atoms with Crippen molar-refractivity contribution in [3.63, 3.8) is 0 Å². The van der Waals surface area contributed by atoms with Gasteiger partial charge in [-0.25, -0.2) is 0 Å². The van der Waals surface area contributed by atoms with Crippen molar-refractivity contribution >= 4 is 17.7 Å². The number of hydrogen-bond acceptors (Lipinski definition) is 4. The van der Waals surface area contributed by atoms with E-state index >= 15 is 0 Å². The summed E-state index contributed by atoms with van der Waals surface area (Å²) in [5, 5.41) is 0. The average Bonchev–Trinajstić information content (AvgIpc) is 2.54. The molecule has 7 heteroatoms. The van der Waals surface area contributed by atoms with Crippen LogP contribution < -0.4 is 10.9 Å². The van der Waals surface area contributed by atoms with Crippen molar-refractivity contribution in [2.24, 2.45) is 0 Å². The van der Waals surface area contributed by atoms with Gasteiger partial charge in [-0.2, -0.15) is 0 Å². The van der Waals surface area contributed by atoms with Crippen LogP contribution in [-0.4, -0.2) is 60.2 Å². The largest absolute Gasteiger partial charge is 0.340 e. The highest BCUT2D eigenvalue weighted by Gasteiger charge is 2.20. The van der Waals surface area contributed by atoms with Crippen LogP contribution in [0.15, 0.2) is 30.3 Å². The van der Waals surface area contributed by atoms with Gasteiger partial charge in [0.2, 0.25) is 5.91 Å². The summed E-state index contributed by atoms with van der Waals surface area (Å²) in [5.41, 5.74) is 5.27. The summed E-state index contributed by atoms with van der Waals surface area (Å²) in [5.74, 6) is -0.574. The van der Waals surface area contributed by atoms with Gasteiger partial charge in [-0.15, -0.1) is 0 Å². The van der Waals surface area contributed by atoms with Gasteiger partial charge >= 0.3 is 0 Å². The molecule has 2 N–H and O–H groups in total.